The highest BCUT2D eigenvalue weighted by Gasteiger charge is 2.16. The van der Waals surface area contributed by atoms with Crippen LogP contribution in [0.3, 0.4) is 0 Å². The number of amides is 1. The van der Waals surface area contributed by atoms with E-state index in [1.54, 1.807) is 12.1 Å². The number of halogens is 1. The maximum absolute atomic E-state index is 13.7. The Morgan fingerprint density at radius 2 is 1.76 bits per heavy atom. The molecule has 0 fully saturated rings. The van der Waals surface area contributed by atoms with Crippen LogP contribution in [0, 0.1) is 12.7 Å². The van der Waals surface area contributed by atoms with Gasteiger partial charge in [-0.15, -0.1) is 0 Å². The molecule has 0 aliphatic carbocycles. The van der Waals surface area contributed by atoms with Crippen LogP contribution in [0.1, 0.15) is 36.4 Å². The molecular weight excluding hydrogens is 425 g/mol. The molecule has 0 radical (unpaired) electrons. The first-order chi connectivity index (χ1) is 16.3. The Balaban J connectivity index is 1.69. The monoisotopic (exact) mass is 451 g/mol. The number of aryl methyl sites for hydroxylation is 1. The number of hydrogen-bond donors (Lipinski definition) is 1. The molecule has 0 spiro atoms. The highest BCUT2D eigenvalue weighted by atomic mass is 19.1. The van der Waals surface area contributed by atoms with Crippen molar-refractivity contribution >= 4 is 34.6 Å². The van der Waals surface area contributed by atoms with Gasteiger partial charge >= 0.3 is 0 Å². The predicted molar refractivity (Wildman–Crippen MR) is 138 cm³/mol. The van der Waals surface area contributed by atoms with Gasteiger partial charge in [0.15, 0.2) is 5.82 Å². The van der Waals surface area contributed by atoms with Gasteiger partial charge in [-0.05, 0) is 73.0 Å². The van der Waals surface area contributed by atoms with Crippen LogP contribution in [-0.2, 0) is 11.2 Å². The van der Waals surface area contributed by atoms with Crippen LogP contribution in [0.4, 0.5) is 10.2 Å². The van der Waals surface area contributed by atoms with Gasteiger partial charge in [-0.3, -0.25) is 4.79 Å². The Hall–Kier alpha value is -4.12. The van der Waals surface area contributed by atoms with E-state index in [1.165, 1.54) is 12.1 Å². The molecule has 0 unspecified atom stereocenters. The van der Waals surface area contributed by atoms with Crippen molar-refractivity contribution in [3.05, 3.63) is 101 Å². The summed E-state index contributed by atoms with van der Waals surface area (Å²) in [5.74, 6) is -0.129. The molecule has 0 atom stereocenters. The average molecular weight is 452 g/mol. The molecule has 4 rings (SSSR count). The van der Waals surface area contributed by atoms with E-state index in [0.29, 0.717) is 22.9 Å². The average Bonchev–Trinajstić information content (AvgIpc) is 2.79. The van der Waals surface area contributed by atoms with Gasteiger partial charge < -0.3 is 5.32 Å². The van der Waals surface area contributed by atoms with Crippen molar-refractivity contribution in [2.24, 2.45) is 0 Å². The van der Waals surface area contributed by atoms with Gasteiger partial charge in [-0.1, -0.05) is 54.6 Å². The van der Waals surface area contributed by atoms with Gasteiger partial charge in [-0.25, -0.2) is 14.4 Å². The lowest BCUT2D eigenvalue weighted by molar-refractivity contribution is -0.115. The number of allylic oxidation sites excluding steroid dienone is 1. The van der Waals surface area contributed by atoms with Crippen LogP contribution in [0.5, 0.6) is 0 Å². The Bertz CT molecular complexity index is 1440. The van der Waals surface area contributed by atoms with Crippen LogP contribution >= 0.6 is 0 Å². The molecule has 1 aromatic heterocycles. The van der Waals surface area contributed by atoms with E-state index in [-0.39, 0.29) is 18.1 Å². The van der Waals surface area contributed by atoms with Crippen LogP contribution in [0.25, 0.3) is 34.2 Å². The van der Waals surface area contributed by atoms with Crippen molar-refractivity contribution in [1.82, 2.24) is 9.97 Å². The molecule has 4 nitrogen and oxygen atoms in total. The quantitative estimate of drug-likeness (QED) is 0.344. The zero-order valence-corrected chi connectivity index (χ0v) is 19.5. The molecule has 5 heteroatoms. The van der Waals surface area contributed by atoms with E-state index in [1.807, 2.05) is 69.3 Å². The minimum Gasteiger partial charge on any atom is -0.309 e. The molecule has 4 aromatic rings. The number of anilines is 1. The van der Waals surface area contributed by atoms with Crippen molar-refractivity contribution in [3.8, 4) is 11.3 Å². The summed E-state index contributed by atoms with van der Waals surface area (Å²) in [4.78, 5) is 22.4. The summed E-state index contributed by atoms with van der Waals surface area (Å²) in [7, 11) is 0. The van der Waals surface area contributed by atoms with Crippen molar-refractivity contribution in [2.75, 3.05) is 5.32 Å². The lowest BCUT2D eigenvalue weighted by Crippen LogP contribution is -2.17. The molecule has 0 bridgehead atoms. The fourth-order valence-electron chi connectivity index (χ4n) is 3.87. The van der Waals surface area contributed by atoms with Crippen LogP contribution in [0.15, 0.2) is 72.8 Å². The third-order valence-corrected chi connectivity index (χ3v) is 5.45. The number of hydrogen-bond acceptors (Lipinski definition) is 3. The molecule has 0 aliphatic rings. The van der Waals surface area contributed by atoms with Gasteiger partial charge in [0.2, 0.25) is 5.91 Å². The van der Waals surface area contributed by atoms with Gasteiger partial charge in [0.1, 0.15) is 11.5 Å². The minimum absolute atomic E-state index is 0.186. The van der Waals surface area contributed by atoms with Gasteiger partial charge in [-0.2, -0.15) is 0 Å². The Morgan fingerprint density at radius 3 is 2.47 bits per heavy atom. The van der Waals surface area contributed by atoms with Crippen LogP contribution < -0.4 is 5.32 Å². The number of benzene rings is 3. The lowest BCUT2D eigenvalue weighted by atomic mass is 10.0. The van der Waals surface area contributed by atoms with Crippen LogP contribution in [0.2, 0.25) is 0 Å². The summed E-state index contributed by atoms with van der Waals surface area (Å²) in [6, 6.07) is 18.6. The number of fused-ring (bicyclic) bond motifs is 1. The molecule has 0 saturated carbocycles. The highest BCUT2D eigenvalue weighted by molar-refractivity contribution is 5.94. The lowest BCUT2D eigenvalue weighted by Gasteiger charge is -2.14. The molecule has 1 heterocycles. The molecule has 1 amide bonds. The van der Waals surface area contributed by atoms with Crippen LogP contribution in [-0.4, -0.2) is 15.9 Å². The number of nitrogens with zero attached hydrogens (tertiary/aromatic N) is 2. The van der Waals surface area contributed by atoms with Gasteiger partial charge in [0, 0.05) is 5.56 Å². The van der Waals surface area contributed by atoms with E-state index in [2.05, 4.69) is 16.9 Å². The molecular formula is C29H26FN3O. The number of carbonyl (C=O) groups excluding carboxylic acids is 1. The SMILES string of the molecule is C=Cc1nc(NC(=O)Cc2ccc3ccccc3c2)c(C=C(C)C)nc1-c1ccc(F)cc1C. The van der Waals surface area contributed by atoms with Crippen molar-refractivity contribution < 1.29 is 9.18 Å². The van der Waals surface area contributed by atoms with E-state index in [4.69, 9.17) is 4.98 Å². The summed E-state index contributed by atoms with van der Waals surface area (Å²) in [5, 5.41) is 5.14. The molecule has 0 saturated heterocycles. The number of carbonyl (C=O) groups is 1. The van der Waals surface area contributed by atoms with Crippen molar-refractivity contribution in [2.45, 2.75) is 27.2 Å². The second kappa shape index (κ2) is 9.79. The number of aromatic nitrogens is 2. The van der Waals surface area contributed by atoms with E-state index < -0.39 is 0 Å². The minimum atomic E-state index is -0.309. The standard InChI is InChI=1S/C29H26FN3O/c1-5-25-28(24-13-12-23(30)15-19(24)4)31-26(14-18(2)3)29(32-25)33-27(34)17-20-10-11-21-8-6-7-9-22(21)16-20/h5-16H,1,17H2,2-4H3,(H,32,33,34). The van der Waals surface area contributed by atoms with E-state index in [9.17, 15) is 9.18 Å². The third-order valence-electron chi connectivity index (χ3n) is 5.45. The first-order valence-corrected chi connectivity index (χ1v) is 11.1. The zero-order chi connectivity index (χ0) is 24.2. The maximum atomic E-state index is 13.7. The fraction of sp³-hybridized carbons (Fsp3) is 0.138. The van der Waals surface area contributed by atoms with E-state index in [0.717, 1.165) is 33.0 Å². The summed E-state index contributed by atoms with van der Waals surface area (Å²) < 4.78 is 13.7. The Labute approximate surface area is 198 Å². The summed E-state index contributed by atoms with van der Waals surface area (Å²) in [6.45, 7) is 9.60. The topological polar surface area (TPSA) is 54.9 Å². The second-order valence-electron chi connectivity index (χ2n) is 8.48. The third kappa shape index (κ3) is 5.09. The summed E-state index contributed by atoms with van der Waals surface area (Å²) in [5.41, 5.74) is 5.07. The highest BCUT2D eigenvalue weighted by Crippen LogP contribution is 2.29. The predicted octanol–water partition coefficient (Wildman–Crippen LogP) is 6.99. The first kappa shape index (κ1) is 23.1. The summed E-state index contributed by atoms with van der Waals surface area (Å²) >= 11 is 0. The van der Waals surface area contributed by atoms with Crippen molar-refractivity contribution in [3.63, 3.8) is 0 Å². The zero-order valence-electron chi connectivity index (χ0n) is 19.5. The second-order valence-corrected chi connectivity index (χ2v) is 8.48. The molecule has 1 N–H and O–H groups in total. The molecule has 3 aromatic carbocycles. The van der Waals surface area contributed by atoms with Gasteiger partial charge in [0.25, 0.3) is 0 Å². The smallest absolute Gasteiger partial charge is 0.230 e. The molecule has 170 valence electrons. The normalized spacial score (nSPS) is 10.7. The summed E-state index contributed by atoms with van der Waals surface area (Å²) in [6.07, 6.45) is 3.67. The maximum Gasteiger partial charge on any atom is 0.230 e. The Morgan fingerprint density at radius 1 is 1.00 bits per heavy atom. The largest absolute Gasteiger partial charge is 0.309 e. The first-order valence-electron chi connectivity index (χ1n) is 11.1. The van der Waals surface area contributed by atoms with E-state index >= 15 is 0 Å². The van der Waals surface area contributed by atoms with Crippen molar-refractivity contribution in [1.29, 1.82) is 0 Å². The molecule has 0 aliphatic heterocycles. The van der Waals surface area contributed by atoms with Gasteiger partial charge in [0.05, 0.1) is 17.8 Å². The number of rotatable bonds is 6. The fourth-order valence-corrected chi connectivity index (χ4v) is 3.87. The number of nitrogens with one attached hydrogen (secondary N) is 1. The molecule has 34 heavy (non-hydrogen) atoms. The Kier molecular flexibility index (Phi) is 6.64.